The smallest absolute Gasteiger partial charge is 0.326 e. The number of nitrogens with one attached hydrogen (secondary N) is 2. The van der Waals surface area contributed by atoms with Gasteiger partial charge in [0.05, 0.1) is 17.1 Å². The van der Waals surface area contributed by atoms with Crippen molar-refractivity contribution in [3.8, 4) is 5.75 Å². The van der Waals surface area contributed by atoms with Gasteiger partial charge in [0.1, 0.15) is 16.7 Å². The lowest BCUT2D eigenvalue weighted by atomic mass is 10.1. The third-order valence-electron chi connectivity index (χ3n) is 4.11. The van der Waals surface area contributed by atoms with E-state index in [0.29, 0.717) is 44.5 Å². The highest BCUT2D eigenvalue weighted by Gasteiger charge is 2.25. The van der Waals surface area contributed by atoms with Crippen LogP contribution >= 0.6 is 35.6 Å². The van der Waals surface area contributed by atoms with Gasteiger partial charge >= 0.3 is 6.03 Å². The molecule has 0 saturated carbocycles. The first-order chi connectivity index (χ1) is 13.5. The SMILES string of the molecule is O=C1NC(=S)S/C1=C\c1ccc2c(c1)N(C(=O)Nc1cccc(Cl)c1)CCO2. The molecule has 0 bridgehead atoms. The lowest BCUT2D eigenvalue weighted by Gasteiger charge is -2.30. The number of halogens is 1. The fourth-order valence-corrected chi connectivity index (χ4v) is 4.10. The highest BCUT2D eigenvalue weighted by Crippen LogP contribution is 2.35. The minimum atomic E-state index is -0.286. The Hall–Kier alpha value is -2.55. The van der Waals surface area contributed by atoms with Crippen LogP contribution in [0.5, 0.6) is 5.75 Å². The number of urea groups is 1. The Morgan fingerprint density at radius 2 is 2.18 bits per heavy atom. The maximum absolute atomic E-state index is 12.8. The molecule has 0 radical (unpaired) electrons. The van der Waals surface area contributed by atoms with E-state index in [1.165, 1.54) is 11.8 Å². The van der Waals surface area contributed by atoms with Crippen molar-refractivity contribution in [1.82, 2.24) is 5.32 Å². The van der Waals surface area contributed by atoms with Gasteiger partial charge < -0.3 is 15.4 Å². The third kappa shape index (κ3) is 3.99. The number of anilines is 2. The highest BCUT2D eigenvalue weighted by molar-refractivity contribution is 8.26. The second kappa shape index (κ2) is 7.83. The molecule has 0 aromatic heterocycles. The summed E-state index contributed by atoms with van der Waals surface area (Å²) < 4.78 is 6.10. The largest absolute Gasteiger partial charge is 0.490 e. The predicted octanol–water partition coefficient (Wildman–Crippen LogP) is 4.26. The lowest BCUT2D eigenvalue weighted by molar-refractivity contribution is -0.115. The van der Waals surface area contributed by atoms with Crippen LogP contribution in [0.2, 0.25) is 5.02 Å². The standard InChI is InChI=1S/C19H14ClN3O3S2/c20-12-2-1-3-13(10-12)21-18(25)23-6-7-26-15-5-4-11(8-14(15)23)9-16-17(24)22-19(27)28-16/h1-5,8-10H,6-7H2,(H,21,25)(H,22,24,27)/b16-9-. The summed E-state index contributed by atoms with van der Waals surface area (Å²) in [7, 11) is 0. The number of rotatable bonds is 2. The Labute approximate surface area is 175 Å². The molecule has 4 rings (SSSR count). The molecule has 2 aromatic carbocycles. The van der Waals surface area contributed by atoms with Gasteiger partial charge in [0.2, 0.25) is 0 Å². The second-order valence-corrected chi connectivity index (χ2v) is 8.18. The number of ether oxygens (including phenoxy) is 1. The van der Waals surface area contributed by atoms with Gasteiger partial charge in [-0.25, -0.2) is 4.79 Å². The van der Waals surface area contributed by atoms with Crippen LogP contribution in [0.25, 0.3) is 6.08 Å². The maximum Gasteiger partial charge on any atom is 0.326 e. The molecular weight excluding hydrogens is 418 g/mol. The first-order valence-electron chi connectivity index (χ1n) is 8.35. The van der Waals surface area contributed by atoms with Crippen molar-refractivity contribution < 1.29 is 14.3 Å². The number of hydrogen-bond acceptors (Lipinski definition) is 5. The van der Waals surface area contributed by atoms with Crippen LogP contribution in [-0.2, 0) is 4.79 Å². The third-order valence-corrected chi connectivity index (χ3v) is 5.50. The number of nitrogens with zero attached hydrogens (tertiary/aromatic N) is 1. The van der Waals surface area contributed by atoms with E-state index in [0.717, 1.165) is 5.56 Å². The van der Waals surface area contributed by atoms with E-state index < -0.39 is 0 Å². The minimum Gasteiger partial charge on any atom is -0.490 e. The summed E-state index contributed by atoms with van der Waals surface area (Å²) in [4.78, 5) is 26.8. The van der Waals surface area contributed by atoms with Gasteiger partial charge in [-0.2, -0.15) is 0 Å². The Kier molecular flexibility index (Phi) is 5.25. The molecule has 2 aliphatic rings. The average Bonchev–Trinajstić information content (AvgIpc) is 2.98. The number of thiocarbonyl (C=S) groups is 1. The Morgan fingerprint density at radius 3 is 2.93 bits per heavy atom. The Bertz CT molecular complexity index is 1030. The van der Waals surface area contributed by atoms with Crippen LogP contribution < -0.4 is 20.3 Å². The van der Waals surface area contributed by atoms with Gasteiger partial charge in [-0.3, -0.25) is 9.69 Å². The number of carbonyl (C=O) groups is 2. The van der Waals surface area contributed by atoms with E-state index in [2.05, 4.69) is 10.6 Å². The van der Waals surface area contributed by atoms with Crippen LogP contribution in [0.15, 0.2) is 47.4 Å². The van der Waals surface area contributed by atoms with Gasteiger partial charge in [0.25, 0.3) is 5.91 Å². The summed E-state index contributed by atoms with van der Waals surface area (Å²) in [6, 6.07) is 12.1. The zero-order valence-electron chi connectivity index (χ0n) is 14.4. The number of amides is 3. The molecule has 1 fully saturated rings. The van der Waals surface area contributed by atoms with Crippen LogP contribution in [0.4, 0.5) is 16.2 Å². The molecule has 0 atom stereocenters. The summed E-state index contributed by atoms with van der Waals surface area (Å²) in [6.45, 7) is 0.793. The number of thioether (sulfide) groups is 1. The molecule has 0 aliphatic carbocycles. The zero-order valence-corrected chi connectivity index (χ0v) is 16.8. The fraction of sp³-hybridized carbons (Fsp3) is 0.105. The number of hydrogen-bond donors (Lipinski definition) is 2. The summed E-state index contributed by atoms with van der Waals surface area (Å²) in [5.41, 5.74) is 2.01. The van der Waals surface area contributed by atoms with Gasteiger partial charge in [-0.05, 0) is 42.0 Å². The van der Waals surface area contributed by atoms with Crippen molar-refractivity contribution in [2.24, 2.45) is 0 Å². The van der Waals surface area contributed by atoms with Crippen molar-refractivity contribution >= 4 is 69.3 Å². The molecule has 1 saturated heterocycles. The Morgan fingerprint density at radius 1 is 1.32 bits per heavy atom. The highest BCUT2D eigenvalue weighted by atomic mass is 35.5. The molecule has 142 valence electrons. The van der Waals surface area contributed by atoms with E-state index >= 15 is 0 Å². The maximum atomic E-state index is 12.8. The normalized spacial score (nSPS) is 17.2. The Balaban J connectivity index is 1.61. The van der Waals surface area contributed by atoms with Gasteiger partial charge in [0.15, 0.2) is 0 Å². The topological polar surface area (TPSA) is 70.7 Å². The molecule has 28 heavy (non-hydrogen) atoms. The molecule has 2 N–H and O–H groups in total. The first-order valence-corrected chi connectivity index (χ1v) is 9.96. The van der Waals surface area contributed by atoms with E-state index in [9.17, 15) is 9.59 Å². The van der Waals surface area contributed by atoms with Crippen molar-refractivity contribution in [3.63, 3.8) is 0 Å². The van der Waals surface area contributed by atoms with Gasteiger partial charge in [0, 0.05) is 10.7 Å². The van der Waals surface area contributed by atoms with Crippen molar-refractivity contribution in [3.05, 3.63) is 58.0 Å². The average molecular weight is 432 g/mol. The molecule has 2 heterocycles. The molecule has 3 amide bonds. The summed E-state index contributed by atoms with van der Waals surface area (Å²) >= 11 is 12.2. The number of carbonyl (C=O) groups excluding carboxylic acids is 2. The first kappa shape index (κ1) is 18.8. The zero-order chi connectivity index (χ0) is 19.7. The molecular formula is C19H14ClN3O3S2. The number of benzene rings is 2. The predicted molar refractivity (Wildman–Crippen MR) is 116 cm³/mol. The van der Waals surface area contributed by atoms with Gasteiger partial charge in [-0.1, -0.05) is 47.7 Å². The van der Waals surface area contributed by atoms with Crippen LogP contribution in [0.1, 0.15) is 5.56 Å². The summed E-state index contributed by atoms with van der Waals surface area (Å²) in [5, 5.41) is 5.97. The second-order valence-electron chi connectivity index (χ2n) is 6.02. The molecule has 9 heteroatoms. The van der Waals surface area contributed by atoms with E-state index in [-0.39, 0.29) is 11.9 Å². The number of fused-ring (bicyclic) bond motifs is 1. The van der Waals surface area contributed by atoms with Crippen LogP contribution in [-0.4, -0.2) is 29.4 Å². The quantitative estimate of drug-likeness (QED) is 0.549. The molecule has 0 spiro atoms. The van der Waals surface area contributed by atoms with Crippen molar-refractivity contribution in [2.45, 2.75) is 0 Å². The monoisotopic (exact) mass is 431 g/mol. The molecule has 2 aliphatic heterocycles. The molecule has 0 unspecified atom stereocenters. The van der Waals surface area contributed by atoms with Crippen molar-refractivity contribution in [1.29, 1.82) is 0 Å². The van der Waals surface area contributed by atoms with E-state index in [1.807, 2.05) is 12.1 Å². The van der Waals surface area contributed by atoms with Crippen LogP contribution in [0, 0.1) is 0 Å². The molecule has 6 nitrogen and oxygen atoms in total. The summed E-state index contributed by atoms with van der Waals surface area (Å²) in [5.74, 6) is 0.383. The van der Waals surface area contributed by atoms with Crippen LogP contribution in [0.3, 0.4) is 0 Å². The fourth-order valence-electron chi connectivity index (χ4n) is 2.87. The minimum absolute atomic E-state index is 0.223. The lowest BCUT2D eigenvalue weighted by Crippen LogP contribution is -2.40. The van der Waals surface area contributed by atoms with E-state index in [4.69, 9.17) is 28.6 Å². The van der Waals surface area contributed by atoms with Crippen molar-refractivity contribution in [2.75, 3.05) is 23.4 Å². The van der Waals surface area contributed by atoms with E-state index in [1.54, 1.807) is 41.3 Å². The summed E-state index contributed by atoms with van der Waals surface area (Å²) in [6.07, 6.45) is 1.74. The van der Waals surface area contributed by atoms with Gasteiger partial charge in [-0.15, -0.1) is 0 Å². The molecule has 2 aromatic rings.